The van der Waals surface area contributed by atoms with Crippen LogP contribution in [0.15, 0.2) is 30.3 Å². The number of carbonyl (C=O) groups is 1. The van der Waals surface area contributed by atoms with Crippen molar-refractivity contribution in [2.24, 2.45) is 0 Å². The van der Waals surface area contributed by atoms with Crippen LogP contribution in [0.5, 0.6) is 5.75 Å². The van der Waals surface area contributed by atoms with Gasteiger partial charge in [-0.25, -0.2) is 4.79 Å². The van der Waals surface area contributed by atoms with Gasteiger partial charge in [0, 0.05) is 7.11 Å². The van der Waals surface area contributed by atoms with Crippen LogP contribution in [0.2, 0.25) is 0 Å². The van der Waals surface area contributed by atoms with Gasteiger partial charge >= 0.3 is 6.16 Å². The van der Waals surface area contributed by atoms with Crippen molar-refractivity contribution in [1.82, 2.24) is 0 Å². The molecule has 0 saturated carbocycles. The van der Waals surface area contributed by atoms with Gasteiger partial charge in [0.2, 0.25) is 0 Å². The summed E-state index contributed by atoms with van der Waals surface area (Å²) in [4.78, 5) is 10.8. The molecule has 0 aromatic heterocycles. The number of methoxy groups -OCH3 is 1. The number of hydrogen-bond acceptors (Lipinski definition) is 4. The largest absolute Gasteiger partial charge is 0.515 e. The van der Waals surface area contributed by atoms with Crippen LogP contribution >= 0.6 is 0 Å². The minimum Gasteiger partial charge on any atom is -0.407 e. The van der Waals surface area contributed by atoms with Crippen LogP contribution in [0.25, 0.3) is 0 Å². The lowest BCUT2D eigenvalue weighted by Gasteiger charge is -2.03. The molecule has 0 atom stereocenters. The van der Waals surface area contributed by atoms with Crippen molar-refractivity contribution in [3.63, 3.8) is 0 Å². The van der Waals surface area contributed by atoms with Gasteiger partial charge < -0.3 is 14.2 Å². The smallest absolute Gasteiger partial charge is 0.407 e. The van der Waals surface area contributed by atoms with Gasteiger partial charge in [-0.15, -0.1) is 0 Å². The third-order valence-corrected chi connectivity index (χ3v) is 1.24. The molecule has 0 fully saturated rings. The Morgan fingerprint density at radius 1 is 1.29 bits per heavy atom. The summed E-state index contributed by atoms with van der Waals surface area (Å²) in [6, 6.07) is 8.67. The van der Waals surface area contributed by atoms with E-state index in [-0.39, 0.29) is 14.2 Å². The summed E-state index contributed by atoms with van der Waals surface area (Å²) in [6.07, 6.45) is -0.770. The second kappa shape index (κ2) is 6.91. The second-order valence-electron chi connectivity index (χ2n) is 2.22. The van der Waals surface area contributed by atoms with Crippen LogP contribution in [-0.2, 0) is 9.47 Å². The monoisotopic (exact) mass is 198 g/mol. The zero-order valence-electron chi connectivity index (χ0n) is 7.23. The molecule has 0 aliphatic heterocycles. The Balaban J connectivity index is 0.00000169. The molecule has 78 valence electrons. The number of carbonyl (C=O) groups excluding carboxylic acids is 1. The standard InChI is InChI=1S/C9H10O4.CH4/c1-11-7-12-9(10)13-8-5-3-2-4-6-8;/h2-6H,7H2,1H3;1H4. The van der Waals surface area contributed by atoms with E-state index < -0.39 is 6.16 Å². The van der Waals surface area contributed by atoms with Crippen molar-refractivity contribution >= 4 is 6.16 Å². The van der Waals surface area contributed by atoms with Crippen LogP contribution in [0, 0.1) is 0 Å². The molecule has 0 spiro atoms. The summed E-state index contributed by atoms with van der Waals surface area (Å²) >= 11 is 0. The third-order valence-electron chi connectivity index (χ3n) is 1.24. The molecule has 0 bridgehead atoms. The Morgan fingerprint density at radius 3 is 2.50 bits per heavy atom. The van der Waals surface area contributed by atoms with E-state index in [1.807, 2.05) is 6.07 Å². The Labute approximate surface area is 83.4 Å². The molecule has 0 aliphatic carbocycles. The minimum atomic E-state index is -0.770. The molecule has 1 aromatic rings. The Kier molecular flexibility index (Phi) is 6.15. The van der Waals surface area contributed by atoms with Crippen LogP contribution in [-0.4, -0.2) is 20.1 Å². The molecule has 0 amide bonds. The predicted octanol–water partition coefficient (Wildman–Crippen LogP) is 2.44. The Bertz CT molecular complexity index is 258. The first-order chi connectivity index (χ1) is 6.33. The van der Waals surface area contributed by atoms with Crippen molar-refractivity contribution in [3.8, 4) is 5.75 Å². The third kappa shape index (κ3) is 4.47. The average Bonchev–Trinajstić information content (AvgIpc) is 2.16. The fourth-order valence-corrected chi connectivity index (χ4v) is 0.721. The number of benzene rings is 1. The topological polar surface area (TPSA) is 44.8 Å². The van der Waals surface area contributed by atoms with E-state index in [1.54, 1.807) is 24.3 Å². The van der Waals surface area contributed by atoms with Crippen LogP contribution in [0.1, 0.15) is 7.43 Å². The number of rotatable bonds is 3. The molecule has 0 saturated heterocycles. The van der Waals surface area contributed by atoms with Crippen molar-refractivity contribution in [1.29, 1.82) is 0 Å². The van der Waals surface area contributed by atoms with Crippen molar-refractivity contribution in [2.45, 2.75) is 7.43 Å². The van der Waals surface area contributed by atoms with E-state index in [0.717, 1.165) is 0 Å². The fraction of sp³-hybridized carbons (Fsp3) is 0.300. The van der Waals surface area contributed by atoms with Gasteiger partial charge in [-0.1, -0.05) is 25.6 Å². The van der Waals surface area contributed by atoms with E-state index in [9.17, 15) is 4.79 Å². The highest BCUT2D eigenvalue weighted by atomic mass is 16.8. The van der Waals surface area contributed by atoms with Gasteiger partial charge in [-0.2, -0.15) is 0 Å². The molecule has 14 heavy (non-hydrogen) atoms. The van der Waals surface area contributed by atoms with Gasteiger partial charge in [-0.05, 0) is 12.1 Å². The van der Waals surface area contributed by atoms with Crippen LogP contribution < -0.4 is 4.74 Å². The molecule has 1 aromatic carbocycles. The molecule has 0 unspecified atom stereocenters. The summed E-state index contributed by atoms with van der Waals surface area (Å²) in [5.74, 6) is 0.448. The Morgan fingerprint density at radius 2 is 1.93 bits per heavy atom. The summed E-state index contributed by atoms with van der Waals surface area (Å²) in [6.45, 7) is -0.105. The van der Waals surface area contributed by atoms with E-state index in [2.05, 4.69) is 9.47 Å². The number of hydrogen-bond donors (Lipinski definition) is 0. The number of para-hydroxylation sites is 1. The zero-order chi connectivity index (χ0) is 9.52. The van der Waals surface area contributed by atoms with Gasteiger partial charge in [0.1, 0.15) is 5.75 Å². The lowest BCUT2D eigenvalue weighted by Crippen LogP contribution is -2.11. The van der Waals surface area contributed by atoms with E-state index in [1.165, 1.54) is 7.11 Å². The highest BCUT2D eigenvalue weighted by Gasteiger charge is 2.03. The first-order valence-corrected chi connectivity index (χ1v) is 3.71. The maximum atomic E-state index is 10.8. The molecule has 4 nitrogen and oxygen atoms in total. The van der Waals surface area contributed by atoms with Crippen molar-refractivity contribution < 1.29 is 19.0 Å². The quantitative estimate of drug-likeness (QED) is 0.425. The molecule has 0 N–H and O–H groups in total. The maximum absolute atomic E-state index is 10.8. The molecular formula is C10H14O4. The Hall–Kier alpha value is -1.55. The summed E-state index contributed by atoms with van der Waals surface area (Å²) in [7, 11) is 1.43. The molecule has 1 rings (SSSR count). The van der Waals surface area contributed by atoms with E-state index >= 15 is 0 Å². The minimum absolute atomic E-state index is 0. The SMILES string of the molecule is C.COCOC(=O)Oc1ccccc1. The molecular weight excluding hydrogens is 184 g/mol. The maximum Gasteiger partial charge on any atom is 0.515 e. The highest BCUT2D eigenvalue weighted by Crippen LogP contribution is 2.08. The van der Waals surface area contributed by atoms with Crippen molar-refractivity contribution in [3.05, 3.63) is 30.3 Å². The molecule has 0 radical (unpaired) electrons. The van der Waals surface area contributed by atoms with Gasteiger partial charge in [0.15, 0.2) is 6.79 Å². The highest BCUT2D eigenvalue weighted by molar-refractivity contribution is 5.63. The fourth-order valence-electron chi connectivity index (χ4n) is 0.721. The first kappa shape index (κ1) is 12.4. The lowest BCUT2D eigenvalue weighted by molar-refractivity contribution is -0.00775. The van der Waals surface area contributed by atoms with E-state index in [0.29, 0.717) is 5.75 Å². The summed E-state index contributed by atoms with van der Waals surface area (Å²) < 4.78 is 13.8. The van der Waals surface area contributed by atoms with Crippen LogP contribution in [0.4, 0.5) is 4.79 Å². The summed E-state index contributed by atoms with van der Waals surface area (Å²) in [5, 5.41) is 0. The van der Waals surface area contributed by atoms with Gasteiger partial charge in [0.05, 0.1) is 0 Å². The zero-order valence-corrected chi connectivity index (χ0v) is 7.23. The molecule has 0 heterocycles. The first-order valence-electron chi connectivity index (χ1n) is 3.71. The van der Waals surface area contributed by atoms with Gasteiger partial charge in [0.25, 0.3) is 0 Å². The molecule has 0 aliphatic rings. The van der Waals surface area contributed by atoms with Crippen LogP contribution in [0.3, 0.4) is 0 Å². The number of ether oxygens (including phenoxy) is 3. The average molecular weight is 198 g/mol. The van der Waals surface area contributed by atoms with Gasteiger partial charge in [-0.3, -0.25) is 0 Å². The predicted molar refractivity (Wildman–Crippen MR) is 52.2 cm³/mol. The van der Waals surface area contributed by atoms with Crippen molar-refractivity contribution in [2.75, 3.05) is 13.9 Å². The lowest BCUT2D eigenvalue weighted by atomic mass is 10.3. The summed E-state index contributed by atoms with van der Waals surface area (Å²) in [5.41, 5.74) is 0. The van der Waals surface area contributed by atoms with E-state index in [4.69, 9.17) is 4.74 Å². The molecule has 4 heteroatoms. The second-order valence-corrected chi connectivity index (χ2v) is 2.22. The normalized spacial score (nSPS) is 8.64.